The van der Waals surface area contributed by atoms with E-state index in [1.165, 1.54) is 16.3 Å². The monoisotopic (exact) mass is 719 g/mol. The number of benzene rings is 6. The van der Waals surface area contributed by atoms with Gasteiger partial charge in [-0.05, 0) is 69.8 Å². The minimum atomic E-state index is -0.572. The SMILES string of the molecule is C[C@@H]1[C@H](CN(C)[C@H](C)c2ccc3ccccc3c2)O[C@H](c2ccc(-c3ccccc3CNC(=O)NCc3ccccc3)cc2)O[C@@H]1c1ccc(CO)cc1. The molecule has 7 rings (SSSR count). The van der Waals surface area contributed by atoms with Gasteiger partial charge in [0.05, 0.1) is 18.8 Å². The number of rotatable bonds is 12. The molecule has 1 fully saturated rings. The number of urea groups is 1. The molecule has 3 N–H and O–H groups in total. The molecule has 0 spiro atoms. The molecule has 0 aromatic heterocycles. The normalized spacial score (nSPS) is 19.1. The van der Waals surface area contributed by atoms with Crippen LogP contribution in [0.15, 0.2) is 146 Å². The summed E-state index contributed by atoms with van der Waals surface area (Å²) in [6, 6.07) is 49.6. The molecule has 0 unspecified atom stereocenters. The number of likely N-dealkylation sites (N-methyl/N-ethyl adjacent to an activating group) is 1. The highest BCUT2D eigenvalue weighted by Crippen LogP contribution is 2.42. The maximum atomic E-state index is 12.6. The summed E-state index contributed by atoms with van der Waals surface area (Å²) in [5, 5.41) is 18.1. The summed E-state index contributed by atoms with van der Waals surface area (Å²) < 4.78 is 13.6. The van der Waals surface area contributed by atoms with Crippen LogP contribution in [0.25, 0.3) is 21.9 Å². The second kappa shape index (κ2) is 17.2. The van der Waals surface area contributed by atoms with E-state index >= 15 is 0 Å². The van der Waals surface area contributed by atoms with Crippen LogP contribution >= 0.6 is 0 Å². The third kappa shape index (κ3) is 8.73. The van der Waals surface area contributed by atoms with Crippen molar-refractivity contribution in [3.8, 4) is 11.1 Å². The summed E-state index contributed by atoms with van der Waals surface area (Å²) in [6.45, 7) is 6.04. The molecule has 1 heterocycles. The molecule has 0 aliphatic carbocycles. The highest BCUT2D eigenvalue weighted by atomic mass is 16.7. The predicted molar refractivity (Wildman–Crippen MR) is 215 cm³/mol. The van der Waals surface area contributed by atoms with Crippen molar-refractivity contribution < 1.29 is 19.4 Å². The van der Waals surface area contributed by atoms with Gasteiger partial charge in [-0.3, -0.25) is 4.90 Å². The number of nitrogens with zero attached hydrogens (tertiary/aromatic N) is 1. The molecule has 0 saturated carbocycles. The molecular weight excluding hydrogens is 671 g/mol. The van der Waals surface area contributed by atoms with Crippen molar-refractivity contribution in [3.63, 3.8) is 0 Å². The molecule has 1 aliphatic heterocycles. The van der Waals surface area contributed by atoms with Crippen LogP contribution in [0.4, 0.5) is 4.79 Å². The Morgan fingerprint density at radius 2 is 1.39 bits per heavy atom. The Morgan fingerprint density at radius 1 is 0.722 bits per heavy atom. The number of fused-ring (bicyclic) bond motifs is 1. The molecule has 7 nitrogen and oxygen atoms in total. The van der Waals surface area contributed by atoms with Gasteiger partial charge in [-0.2, -0.15) is 0 Å². The molecule has 0 radical (unpaired) electrons. The lowest BCUT2D eigenvalue weighted by Crippen LogP contribution is -2.44. The first-order chi connectivity index (χ1) is 26.4. The summed E-state index contributed by atoms with van der Waals surface area (Å²) >= 11 is 0. The first-order valence-corrected chi connectivity index (χ1v) is 18.8. The number of amides is 2. The van der Waals surface area contributed by atoms with Crippen LogP contribution in [-0.4, -0.2) is 35.7 Å². The Bertz CT molecular complexity index is 2140. The Labute approximate surface area is 318 Å². The largest absolute Gasteiger partial charge is 0.392 e. The first kappa shape index (κ1) is 37.0. The summed E-state index contributed by atoms with van der Waals surface area (Å²) in [5.74, 6) is 0.0658. The van der Waals surface area contributed by atoms with E-state index in [-0.39, 0.29) is 36.8 Å². The molecule has 6 aromatic rings. The van der Waals surface area contributed by atoms with Gasteiger partial charge in [0.2, 0.25) is 0 Å². The second-order valence-corrected chi connectivity index (χ2v) is 14.3. The van der Waals surface area contributed by atoms with E-state index in [0.29, 0.717) is 13.1 Å². The Hall–Kier alpha value is -5.31. The van der Waals surface area contributed by atoms with Crippen LogP contribution in [0.1, 0.15) is 65.7 Å². The van der Waals surface area contributed by atoms with E-state index in [4.69, 9.17) is 9.47 Å². The summed E-state index contributed by atoms with van der Waals surface area (Å²) in [4.78, 5) is 15.0. The predicted octanol–water partition coefficient (Wildman–Crippen LogP) is 9.48. The smallest absolute Gasteiger partial charge is 0.315 e. The standard InChI is InChI=1S/C47H49N3O4/c1-32-44(30-50(3)33(2)40-26-21-36-13-7-8-14-41(36)27-40)53-46(54-45(32)38-19-17-35(31-51)18-20-38)39-24-22-37(23-25-39)43-16-10-9-15-42(43)29-49-47(52)48-28-34-11-5-4-6-12-34/h4-27,32-33,44-46,51H,28-31H2,1-3H3,(H2,48,49,52)/t32-,33-,44+,45+,46+/m1/s1. The summed E-state index contributed by atoms with van der Waals surface area (Å²) in [7, 11) is 2.17. The summed E-state index contributed by atoms with van der Waals surface area (Å²) in [6.07, 6.45) is -0.888. The lowest BCUT2D eigenvalue weighted by atomic mass is 9.89. The van der Waals surface area contributed by atoms with E-state index in [0.717, 1.165) is 45.5 Å². The van der Waals surface area contributed by atoms with Crippen LogP contribution in [0.2, 0.25) is 0 Å². The van der Waals surface area contributed by atoms with Gasteiger partial charge in [0.15, 0.2) is 6.29 Å². The zero-order valence-corrected chi connectivity index (χ0v) is 31.2. The second-order valence-electron chi connectivity index (χ2n) is 14.3. The Balaban J connectivity index is 1.07. The van der Waals surface area contributed by atoms with Gasteiger partial charge < -0.3 is 25.2 Å². The Morgan fingerprint density at radius 3 is 2.15 bits per heavy atom. The van der Waals surface area contributed by atoms with Crippen molar-refractivity contribution in [2.24, 2.45) is 5.92 Å². The zero-order chi connectivity index (χ0) is 37.4. The molecule has 1 aliphatic rings. The molecule has 5 atom stereocenters. The van der Waals surface area contributed by atoms with E-state index in [2.05, 4.69) is 121 Å². The number of aliphatic hydroxyl groups excluding tert-OH is 1. The highest BCUT2D eigenvalue weighted by molar-refractivity contribution is 5.83. The number of hydrogen-bond acceptors (Lipinski definition) is 5. The fourth-order valence-electron chi connectivity index (χ4n) is 7.28. The van der Waals surface area contributed by atoms with Gasteiger partial charge >= 0.3 is 6.03 Å². The van der Waals surface area contributed by atoms with Gasteiger partial charge in [0.1, 0.15) is 0 Å². The number of hydrogen-bond donors (Lipinski definition) is 3. The van der Waals surface area contributed by atoms with Gasteiger partial charge in [0, 0.05) is 37.2 Å². The minimum absolute atomic E-state index is 0.000168. The number of aliphatic hydroxyl groups is 1. The molecule has 54 heavy (non-hydrogen) atoms. The van der Waals surface area contributed by atoms with Gasteiger partial charge in [-0.25, -0.2) is 4.79 Å². The zero-order valence-electron chi connectivity index (χ0n) is 31.2. The average Bonchev–Trinajstić information content (AvgIpc) is 3.23. The van der Waals surface area contributed by atoms with Crippen LogP contribution in [0, 0.1) is 5.92 Å². The average molecular weight is 720 g/mol. The molecular formula is C47H49N3O4. The molecule has 276 valence electrons. The van der Waals surface area contributed by atoms with E-state index in [9.17, 15) is 9.90 Å². The Kier molecular flexibility index (Phi) is 11.8. The number of carbonyl (C=O) groups is 1. The fourth-order valence-corrected chi connectivity index (χ4v) is 7.28. The maximum absolute atomic E-state index is 12.6. The molecule has 7 heteroatoms. The van der Waals surface area contributed by atoms with Crippen molar-refractivity contribution >= 4 is 16.8 Å². The third-order valence-electron chi connectivity index (χ3n) is 10.8. The minimum Gasteiger partial charge on any atom is -0.392 e. The quantitative estimate of drug-likeness (QED) is 0.117. The van der Waals surface area contributed by atoms with Crippen molar-refractivity contribution in [2.75, 3.05) is 13.6 Å². The van der Waals surface area contributed by atoms with E-state index in [1.54, 1.807) is 0 Å². The molecule has 0 bridgehead atoms. The first-order valence-electron chi connectivity index (χ1n) is 18.8. The van der Waals surface area contributed by atoms with Crippen LogP contribution < -0.4 is 10.6 Å². The number of nitrogens with one attached hydrogen (secondary N) is 2. The third-order valence-corrected chi connectivity index (χ3v) is 10.8. The number of carbonyl (C=O) groups excluding carboxylic acids is 1. The van der Waals surface area contributed by atoms with Crippen molar-refractivity contribution in [1.82, 2.24) is 15.5 Å². The number of ether oxygens (including phenoxy) is 2. The van der Waals surface area contributed by atoms with Gasteiger partial charge in [0.25, 0.3) is 0 Å². The fraction of sp³-hybridized carbons (Fsp3) is 0.255. The van der Waals surface area contributed by atoms with Gasteiger partial charge in [-0.1, -0.05) is 146 Å². The van der Waals surface area contributed by atoms with Crippen LogP contribution in [0.5, 0.6) is 0 Å². The summed E-state index contributed by atoms with van der Waals surface area (Å²) in [5.41, 5.74) is 8.31. The lowest BCUT2D eigenvalue weighted by Gasteiger charge is -2.43. The highest BCUT2D eigenvalue weighted by Gasteiger charge is 2.39. The molecule has 1 saturated heterocycles. The van der Waals surface area contributed by atoms with E-state index < -0.39 is 6.29 Å². The van der Waals surface area contributed by atoms with Crippen molar-refractivity contribution in [1.29, 1.82) is 0 Å². The van der Waals surface area contributed by atoms with Crippen LogP contribution in [-0.2, 0) is 29.2 Å². The van der Waals surface area contributed by atoms with Crippen molar-refractivity contribution in [3.05, 3.63) is 179 Å². The maximum Gasteiger partial charge on any atom is 0.315 e. The van der Waals surface area contributed by atoms with Crippen molar-refractivity contribution in [2.45, 2.75) is 58.1 Å². The van der Waals surface area contributed by atoms with Gasteiger partial charge in [-0.15, -0.1) is 0 Å². The lowest BCUT2D eigenvalue weighted by molar-refractivity contribution is -0.276. The van der Waals surface area contributed by atoms with Crippen LogP contribution in [0.3, 0.4) is 0 Å². The topological polar surface area (TPSA) is 83.1 Å². The molecule has 2 amide bonds. The molecule has 6 aromatic carbocycles. The van der Waals surface area contributed by atoms with E-state index in [1.807, 2.05) is 60.7 Å².